The van der Waals surface area contributed by atoms with Crippen molar-refractivity contribution in [3.63, 3.8) is 0 Å². The van der Waals surface area contributed by atoms with E-state index in [1.54, 1.807) is 0 Å². The molecule has 1 atom stereocenters. The van der Waals surface area contributed by atoms with Gasteiger partial charge in [-0.3, -0.25) is 0 Å². The third kappa shape index (κ3) is 19.0. The van der Waals surface area contributed by atoms with Crippen molar-refractivity contribution in [1.82, 2.24) is 0 Å². The molecule has 0 aliphatic heterocycles. The molecule has 1 nitrogen and oxygen atoms in total. The molecule has 1 unspecified atom stereocenters. The molecule has 0 radical (unpaired) electrons. The summed E-state index contributed by atoms with van der Waals surface area (Å²) in [6.45, 7) is 12.3. The first-order valence-corrected chi connectivity index (χ1v) is 13.9. The molecule has 0 rings (SSSR count). The van der Waals surface area contributed by atoms with E-state index in [0.717, 1.165) is 6.04 Å². The molecule has 0 saturated heterocycles. The molecular weight excluding hydrogens is 386 g/mol. The van der Waals surface area contributed by atoms with Crippen LogP contribution in [0.2, 0.25) is 0 Å². The topological polar surface area (TPSA) is 0 Å². The summed E-state index contributed by atoms with van der Waals surface area (Å²) < 4.78 is 1.34. The van der Waals surface area contributed by atoms with Gasteiger partial charge in [0.15, 0.2) is 0 Å². The van der Waals surface area contributed by atoms with E-state index in [-0.39, 0.29) is 12.4 Å². The minimum atomic E-state index is 0. The van der Waals surface area contributed by atoms with Crippen LogP contribution in [-0.4, -0.2) is 30.7 Å². The second kappa shape index (κ2) is 23.9. The van der Waals surface area contributed by atoms with Crippen molar-refractivity contribution >= 4 is 0 Å². The largest absolute Gasteiger partial charge is 1.00 e. The summed E-state index contributed by atoms with van der Waals surface area (Å²) in [5, 5.41) is 0. The molecule has 0 saturated carbocycles. The number of halogens is 1. The van der Waals surface area contributed by atoms with E-state index in [2.05, 4.69) is 34.7 Å². The molecule has 0 aromatic rings. The van der Waals surface area contributed by atoms with Crippen LogP contribution >= 0.6 is 0 Å². The summed E-state index contributed by atoms with van der Waals surface area (Å²) >= 11 is 0. The predicted octanol–water partition coefficient (Wildman–Crippen LogP) is 6.69. The Balaban J connectivity index is 0. The van der Waals surface area contributed by atoms with Gasteiger partial charge in [-0.2, -0.15) is 0 Å². The van der Waals surface area contributed by atoms with Gasteiger partial charge in [0.1, 0.15) is 0 Å². The maximum atomic E-state index is 2.59. The highest BCUT2D eigenvalue weighted by molar-refractivity contribution is 4.58. The third-order valence-corrected chi connectivity index (χ3v) is 7.33. The minimum absolute atomic E-state index is 0. The summed E-state index contributed by atoms with van der Waals surface area (Å²) in [6, 6.07) is 0.844. The molecule has 184 valence electrons. The third-order valence-electron chi connectivity index (χ3n) is 7.33. The minimum Gasteiger partial charge on any atom is -1.00 e. The fourth-order valence-electron chi connectivity index (χ4n) is 4.77. The van der Waals surface area contributed by atoms with Gasteiger partial charge < -0.3 is 16.9 Å². The Morgan fingerprint density at radius 1 is 0.467 bits per heavy atom. The van der Waals surface area contributed by atoms with Crippen LogP contribution in [0.1, 0.15) is 156 Å². The number of rotatable bonds is 23. The lowest BCUT2D eigenvalue weighted by atomic mass is 10.0. The number of hydrogen-bond donors (Lipinski definition) is 0. The van der Waals surface area contributed by atoms with Gasteiger partial charge in [-0.05, 0) is 45.4 Å². The summed E-state index contributed by atoms with van der Waals surface area (Å²) in [4.78, 5) is 0. The monoisotopic (exact) mass is 445 g/mol. The van der Waals surface area contributed by atoms with Crippen molar-refractivity contribution in [2.75, 3.05) is 20.1 Å². The van der Waals surface area contributed by atoms with Gasteiger partial charge in [-0.15, -0.1) is 0 Å². The van der Waals surface area contributed by atoms with Crippen LogP contribution in [0, 0.1) is 0 Å². The second-order valence-electron chi connectivity index (χ2n) is 10.2. The zero-order valence-corrected chi connectivity index (χ0v) is 22.7. The normalized spacial score (nSPS) is 12.7. The first kappa shape index (κ1) is 32.4. The molecule has 0 N–H and O–H groups in total. The Labute approximate surface area is 199 Å². The number of unbranched alkanes of at least 4 members (excludes halogenated alkanes) is 16. The van der Waals surface area contributed by atoms with Crippen LogP contribution in [0.5, 0.6) is 0 Å². The van der Waals surface area contributed by atoms with Gasteiger partial charge >= 0.3 is 0 Å². The quantitative estimate of drug-likeness (QED) is 0.121. The van der Waals surface area contributed by atoms with Crippen LogP contribution in [0.3, 0.4) is 0 Å². The second-order valence-corrected chi connectivity index (χ2v) is 10.2. The van der Waals surface area contributed by atoms with E-state index >= 15 is 0 Å². The van der Waals surface area contributed by atoms with Gasteiger partial charge in [0.05, 0.1) is 26.2 Å². The van der Waals surface area contributed by atoms with E-state index in [0.29, 0.717) is 0 Å². The van der Waals surface area contributed by atoms with E-state index < -0.39 is 0 Å². The molecule has 30 heavy (non-hydrogen) atoms. The van der Waals surface area contributed by atoms with Crippen LogP contribution in [0.15, 0.2) is 0 Å². The van der Waals surface area contributed by atoms with Crippen LogP contribution in [0.25, 0.3) is 0 Å². The van der Waals surface area contributed by atoms with Crippen molar-refractivity contribution in [2.24, 2.45) is 0 Å². The highest BCUT2D eigenvalue weighted by Gasteiger charge is 2.27. The van der Waals surface area contributed by atoms with Gasteiger partial charge in [0, 0.05) is 0 Å². The van der Waals surface area contributed by atoms with Crippen molar-refractivity contribution in [3.8, 4) is 0 Å². The van der Waals surface area contributed by atoms with E-state index in [4.69, 9.17) is 0 Å². The van der Waals surface area contributed by atoms with Crippen molar-refractivity contribution < 1.29 is 16.9 Å². The highest BCUT2D eigenvalue weighted by Crippen LogP contribution is 2.21. The highest BCUT2D eigenvalue weighted by atomic mass is 35.5. The Morgan fingerprint density at radius 2 is 0.767 bits per heavy atom. The van der Waals surface area contributed by atoms with Crippen LogP contribution in [-0.2, 0) is 0 Å². The van der Waals surface area contributed by atoms with E-state index in [1.165, 1.54) is 146 Å². The zero-order valence-electron chi connectivity index (χ0n) is 22.0. The van der Waals surface area contributed by atoms with Gasteiger partial charge in [-0.1, -0.05) is 111 Å². The molecular formula is C28H60ClN. The van der Waals surface area contributed by atoms with Gasteiger partial charge in [-0.25, -0.2) is 0 Å². The first-order chi connectivity index (χ1) is 14.1. The van der Waals surface area contributed by atoms with E-state index in [1.807, 2.05) is 0 Å². The molecule has 0 spiro atoms. The molecule has 0 amide bonds. The molecule has 0 aromatic heterocycles. The average molecular weight is 446 g/mol. The van der Waals surface area contributed by atoms with E-state index in [9.17, 15) is 0 Å². The lowest BCUT2D eigenvalue weighted by molar-refractivity contribution is -0.932. The first-order valence-electron chi connectivity index (χ1n) is 13.9. The summed E-state index contributed by atoms with van der Waals surface area (Å²) in [6.07, 6.45) is 28.7. The molecule has 0 aliphatic rings. The standard InChI is InChI=1S/C28H60N.ClH/c1-6-9-12-15-18-19-22-25-28(4)29(5,26-23-20-16-13-10-7-2)27-24-21-17-14-11-8-3;/h28H,6-27H2,1-5H3;1H/q+1;/p-1. The molecule has 0 aromatic carbocycles. The molecule has 0 aliphatic carbocycles. The fourth-order valence-corrected chi connectivity index (χ4v) is 4.77. The maximum absolute atomic E-state index is 2.59. The summed E-state index contributed by atoms with van der Waals surface area (Å²) in [5.41, 5.74) is 0. The molecule has 0 bridgehead atoms. The van der Waals surface area contributed by atoms with Crippen LogP contribution in [0.4, 0.5) is 0 Å². The molecule has 2 heteroatoms. The van der Waals surface area contributed by atoms with Crippen LogP contribution < -0.4 is 12.4 Å². The van der Waals surface area contributed by atoms with Crippen molar-refractivity contribution in [3.05, 3.63) is 0 Å². The summed E-state index contributed by atoms with van der Waals surface area (Å²) in [5.74, 6) is 0. The molecule has 0 fully saturated rings. The average Bonchev–Trinajstić information content (AvgIpc) is 2.72. The Bertz CT molecular complexity index is 302. The lowest BCUT2D eigenvalue weighted by Gasteiger charge is -2.41. The number of nitrogens with zero attached hydrogens (tertiary/aromatic N) is 1. The van der Waals surface area contributed by atoms with Crippen molar-refractivity contribution in [2.45, 2.75) is 162 Å². The van der Waals surface area contributed by atoms with Crippen molar-refractivity contribution in [1.29, 1.82) is 0 Å². The number of quaternary nitrogens is 1. The van der Waals surface area contributed by atoms with Gasteiger partial charge in [0.2, 0.25) is 0 Å². The maximum Gasteiger partial charge on any atom is 0.0859 e. The fraction of sp³-hybridized carbons (Fsp3) is 1.00. The van der Waals surface area contributed by atoms with Gasteiger partial charge in [0.25, 0.3) is 0 Å². The lowest BCUT2D eigenvalue weighted by Crippen LogP contribution is -3.00. The Kier molecular flexibility index (Phi) is 25.8. The Hall–Kier alpha value is 0.250. The SMILES string of the molecule is CCCCCCCCCC(C)[N+](C)(CCCCCCCC)CCCCCCCC.[Cl-]. The zero-order chi connectivity index (χ0) is 21.6. The summed E-state index contributed by atoms with van der Waals surface area (Å²) in [7, 11) is 2.59. The predicted molar refractivity (Wildman–Crippen MR) is 135 cm³/mol. The number of hydrogen-bond acceptors (Lipinski definition) is 0. The Morgan fingerprint density at radius 3 is 1.13 bits per heavy atom. The smallest absolute Gasteiger partial charge is 0.0859 e. The molecule has 0 heterocycles.